The molecule has 0 aliphatic carbocycles. The van der Waals surface area contributed by atoms with Crippen LogP contribution in [-0.2, 0) is 17.8 Å². The van der Waals surface area contributed by atoms with Crippen LogP contribution in [0.2, 0.25) is 0 Å². The summed E-state index contributed by atoms with van der Waals surface area (Å²) in [5.41, 5.74) is 1.41. The number of hydrogen-bond donors (Lipinski definition) is 0. The second-order valence-electron chi connectivity index (χ2n) is 7.98. The first-order valence-electron chi connectivity index (χ1n) is 9.29. The predicted molar refractivity (Wildman–Crippen MR) is 94.4 cm³/mol. The molecule has 24 heavy (non-hydrogen) atoms. The maximum atomic E-state index is 12.3. The highest BCUT2D eigenvalue weighted by atomic mass is 16.2. The largest absolute Gasteiger partial charge is 0.342 e. The molecule has 1 spiro atoms. The topological polar surface area (TPSA) is 49.3 Å². The molecule has 1 aromatic heterocycles. The van der Waals surface area contributed by atoms with E-state index in [0.29, 0.717) is 11.8 Å². The Hall–Kier alpha value is -1.49. The number of amides is 1. The lowest BCUT2D eigenvalue weighted by molar-refractivity contribution is -0.128. The third-order valence-electron chi connectivity index (χ3n) is 5.39. The molecule has 0 N–H and O–H groups in total. The van der Waals surface area contributed by atoms with Crippen LogP contribution < -0.4 is 0 Å². The fraction of sp³-hybridized carbons (Fsp3) is 0.737. The highest BCUT2D eigenvalue weighted by molar-refractivity contribution is 5.79. The summed E-state index contributed by atoms with van der Waals surface area (Å²) >= 11 is 0. The summed E-state index contributed by atoms with van der Waals surface area (Å²) in [7, 11) is 0. The normalized spacial score (nSPS) is 21.2. The minimum absolute atomic E-state index is 0.227. The third-order valence-corrected chi connectivity index (χ3v) is 5.39. The number of carbonyl (C=O) groups excluding carboxylic acids is 1. The predicted octanol–water partition coefficient (Wildman–Crippen LogP) is 2.51. The van der Waals surface area contributed by atoms with Gasteiger partial charge in [-0.1, -0.05) is 20.8 Å². The Morgan fingerprint density at radius 1 is 1.21 bits per heavy atom. The molecule has 1 aromatic rings. The highest BCUT2D eigenvalue weighted by Gasteiger charge is 2.44. The first kappa shape index (κ1) is 17.3. The van der Waals surface area contributed by atoms with E-state index in [-0.39, 0.29) is 5.41 Å². The van der Waals surface area contributed by atoms with Crippen LogP contribution in [0, 0.1) is 11.3 Å². The number of likely N-dealkylation sites (tertiary alicyclic amines) is 2. The van der Waals surface area contributed by atoms with Gasteiger partial charge in [0.1, 0.15) is 5.82 Å². The van der Waals surface area contributed by atoms with Crippen molar-refractivity contribution in [1.29, 1.82) is 0 Å². The van der Waals surface area contributed by atoms with E-state index in [9.17, 15) is 4.79 Å². The average Bonchev–Trinajstić information content (AvgIpc) is 2.85. The summed E-state index contributed by atoms with van der Waals surface area (Å²) in [6.45, 7) is 11.4. The van der Waals surface area contributed by atoms with E-state index in [0.717, 1.165) is 64.2 Å². The molecule has 0 radical (unpaired) electrons. The van der Waals surface area contributed by atoms with Crippen LogP contribution >= 0.6 is 0 Å². The lowest BCUT2D eigenvalue weighted by Gasteiger charge is -2.38. The standard InChI is InChI=1S/C19H30N4O/c1-4-17-20-10-16(11-21-17)13-22-7-5-19(6-8-22)9-18(24)23(14-19)12-15(2)3/h10-11,15H,4-9,12-14H2,1-3H3. The molecule has 0 unspecified atom stereocenters. The number of carbonyl (C=O) groups is 1. The number of piperidine rings is 1. The average molecular weight is 330 g/mol. The van der Waals surface area contributed by atoms with Gasteiger partial charge in [-0.05, 0) is 37.3 Å². The van der Waals surface area contributed by atoms with Crippen LogP contribution in [0.3, 0.4) is 0 Å². The first-order chi connectivity index (χ1) is 11.5. The number of nitrogens with zero attached hydrogens (tertiary/aromatic N) is 4. The van der Waals surface area contributed by atoms with Gasteiger partial charge < -0.3 is 4.90 Å². The minimum Gasteiger partial charge on any atom is -0.342 e. The number of hydrogen-bond acceptors (Lipinski definition) is 4. The van der Waals surface area contributed by atoms with Gasteiger partial charge in [0.25, 0.3) is 0 Å². The summed E-state index contributed by atoms with van der Waals surface area (Å²) in [5, 5.41) is 0. The lowest BCUT2D eigenvalue weighted by Crippen LogP contribution is -2.41. The van der Waals surface area contributed by atoms with Gasteiger partial charge >= 0.3 is 0 Å². The fourth-order valence-corrected chi connectivity index (χ4v) is 4.01. The van der Waals surface area contributed by atoms with E-state index >= 15 is 0 Å². The van der Waals surface area contributed by atoms with Crippen molar-refractivity contribution >= 4 is 5.91 Å². The number of aromatic nitrogens is 2. The second-order valence-corrected chi connectivity index (χ2v) is 7.98. The summed E-state index contributed by atoms with van der Waals surface area (Å²) < 4.78 is 0. The lowest BCUT2D eigenvalue weighted by atomic mass is 9.77. The van der Waals surface area contributed by atoms with Gasteiger partial charge in [0.15, 0.2) is 0 Å². The fourth-order valence-electron chi connectivity index (χ4n) is 4.01. The number of aryl methyl sites for hydroxylation is 1. The molecule has 0 bridgehead atoms. The Labute approximate surface area is 145 Å². The smallest absolute Gasteiger partial charge is 0.223 e. The van der Waals surface area contributed by atoms with Crippen molar-refractivity contribution in [3.8, 4) is 0 Å². The summed E-state index contributed by atoms with van der Waals surface area (Å²) in [6, 6.07) is 0. The molecular weight excluding hydrogens is 300 g/mol. The molecule has 2 aliphatic rings. The monoisotopic (exact) mass is 330 g/mol. The first-order valence-corrected chi connectivity index (χ1v) is 9.29. The Kier molecular flexibility index (Phi) is 5.18. The zero-order valence-electron chi connectivity index (χ0n) is 15.3. The molecule has 0 atom stereocenters. The van der Waals surface area contributed by atoms with Gasteiger partial charge in [0.2, 0.25) is 5.91 Å². The van der Waals surface area contributed by atoms with Crippen molar-refractivity contribution in [1.82, 2.24) is 19.8 Å². The molecular formula is C19H30N4O. The Bertz CT molecular complexity index is 561. The van der Waals surface area contributed by atoms with Crippen molar-refractivity contribution in [2.45, 2.75) is 53.0 Å². The highest BCUT2D eigenvalue weighted by Crippen LogP contribution is 2.41. The van der Waals surface area contributed by atoms with Crippen LogP contribution in [0.1, 0.15) is 51.4 Å². The Morgan fingerprint density at radius 2 is 1.88 bits per heavy atom. The zero-order chi connectivity index (χ0) is 17.2. The quantitative estimate of drug-likeness (QED) is 0.832. The van der Waals surface area contributed by atoms with Crippen molar-refractivity contribution in [3.05, 3.63) is 23.8 Å². The molecule has 132 valence electrons. The van der Waals surface area contributed by atoms with Crippen LogP contribution in [0.25, 0.3) is 0 Å². The van der Waals surface area contributed by atoms with Crippen molar-refractivity contribution in [2.24, 2.45) is 11.3 Å². The van der Waals surface area contributed by atoms with Gasteiger partial charge in [-0.25, -0.2) is 9.97 Å². The van der Waals surface area contributed by atoms with E-state index < -0.39 is 0 Å². The molecule has 0 saturated carbocycles. The zero-order valence-corrected chi connectivity index (χ0v) is 15.3. The summed E-state index contributed by atoms with van der Waals surface area (Å²) in [6.07, 6.45) is 7.80. The van der Waals surface area contributed by atoms with E-state index in [1.807, 2.05) is 12.4 Å². The van der Waals surface area contributed by atoms with Crippen LogP contribution in [-0.4, -0.2) is 51.9 Å². The van der Waals surface area contributed by atoms with E-state index in [1.165, 1.54) is 5.56 Å². The van der Waals surface area contributed by atoms with Crippen molar-refractivity contribution < 1.29 is 4.79 Å². The van der Waals surface area contributed by atoms with Gasteiger partial charge in [-0.2, -0.15) is 0 Å². The second kappa shape index (κ2) is 7.18. The van der Waals surface area contributed by atoms with E-state index in [4.69, 9.17) is 0 Å². The van der Waals surface area contributed by atoms with Gasteiger partial charge in [0.05, 0.1) is 0 Å². The van der Waals surface area contributed by atoms with Crippen LogP contribution in [0.4, 0.5) is 0 Å². The maximum absolute atomic E-state index is 12.3. The van der Waals surface area contributed by atoms with Gasteiger partial charge in [0, 0.05) is 50.4 Å². The molecule has 1 amide bonds. The van der Waals surface area contributed by atoms with Gasteiger partial charge in [-0.3, -0.25) is 9.69 Å². The molecule has 2 saturated heterocycles. The Morgan fingerprint density at radius 3 is 2.46 bits per heavy atom. The van der Waals surface area contributed by atoms with Crippen molar-refractivity contribution in [2.75, 3.05) is 26.2 Å². The van der Waals surface area contributed by atoms with Crippen LogP contribution in [0.15, 0.2) is 12.4 Å². The van der Waals surface area contributed by atoms with E-state index in [1.54, 1.807) is 0 Å². The molecule has 5 nitrogen and oxygen atoms in total. The molecule has 2 aliphatic heterocycles. The molecule has 0 aromatic carbocycles. The van der Waals surface area contributed by atoms with Crippen molar-refractivity contribution in [3.63, 3.8) is 0 Å². The summed E-state index contributed by atoms with van der Waals surface area (Å²) in [5.74, 6) is 1.82. The maximum Gasteiger partial charge on any atom is 0.223 e. The minimum atomic E-state index is 0.227. The van der Waals surface area contributed by atoms with Gasteiger partial charge in [-0.15, -0.1) is 0 Å². The third kappa shape index (κ3) is 3.94. The van der Waals surface area contributed by atoms with E-state index in [2.05, 4.69) is 40.5 Å². The molecule has 5 heteroatoms. The molecule has 3 heterocycles. The SMILES string of the molecule is CCc1ncc(CN2CCC3(CC2)CC(=O)N(CC(C)C)C3)cn1. The van der Waals surface area contributed by atoms with Crippen LogP contribution in [0.5, 0.6) is 0 Å². The molecule has 2 fully saturated rings. The Balaban J connectivity index is 1.53. The summed E-state index contributed by atoms with van der Waals surface area (Å²) in [4.78, 5) is 25.7. The molecule has 3 rings (SSSR count). The number of rotatable bonds is 5.